The summed E-state index contributed by atoms with van der Waals surface area (Å²) in [6, 6.07) is 2.05. The van der Waals surface area contributed by atoms with Gasteiger partial charge in [-0.3, -0.25) is 0 Å². The molecule has 3 nitrogen and oxygen atoms in total. The van der Waals surface area contributed by atoms with Gasteiger partial charge in [-0.15, -0.1) is 23.5 Å². The fraction of sp³-hybridized carbons (Fsp3) is 0.750. The smallest absolute Gasteiger partial charge is 0.347 e. The molecular weight excluding hydrogens is 206 g/mol. The number of thioether (sulfide) groups is 2. The number of carbonyl (C=O) groups excluding carboxylic acids is 1. The topological polar surface area (TPSA) is 50.1 Å². The predicted octanol–water partition coefficient (Wildman–Crippen LogP) is 1.64. The number of hydrogen-bond donors (Lipinski definition) is 0. The van der Waals surface area contributed by atoms with Crippen LogP contribution in [0.5, 0.6) is 0 Å². The van der Waals surface area contributed by atoms with Gasteiger partial charge in [0.1, 0.15) is 6.07 Å². The van der Waals surface area contributed by atoms with E-state index in [1.807, 2.05) is 0 Å². The van der Waals surface area contributed by atoms with E-state index in [0.29, 0.717) is 6.61 Å². The average molecular weight is 217 g/mol. The zero-order valence-corrected chi connectivity index (χ0v) is 9.04. The molecule has 0 radical (unpaired) electrons. The van der Waals surface area contributed by atoms with Crippen LogP contribution < -0.4 is 0 Å². The zero-order chi connectivity index (χ0) is 9.73. The van der Waals surface area contributed by atoms with Crippen molar-refractivity contribution in [2.24, 2.45) is 0 Å². The van der Waals surface area contributed by atoms with Crippen LogP contribution in [0.2, 0.25) is 0 Å². The highest BCUT2D eigenvalue weighted by Crippen LogP contribution is 2.42. The van der Waals surface area contributed by atoms with Crippen molar-refractivity contribution < 1.29 is 9.53 Å². The number of nitrogens with zero attached hydrogens (tertiary/aromatic N) is 1. The van der Waals surface area contributed by atoms with Crippen molar-refractivity contribution in [2.45, 2.75) is 17.4 Å². The largest absolute Gasteiger partial charge is 0.464 e. The summed E-state index contributed by atoms with van der Waals surface area (Å²) < 4.78 is 3.88. The third kappa shape index (κ3) is 2.32. The summed E-state index contributed by atoms with van der Waals surface area (Å²) in [6.45, 7) is 2.09. The first-order valence-electron chi connectivity index (χ1n) is 4.11. The second-order valence-corrected chi connectivity index (χ2v) is 5.38. The Morgan fingerprint density at radius 1 is 1.62 bits per heavy atom. The van der Waals surface area contributed by atoms with Crippen LogP contribution in [0, 0.1) is 11.3 Å². The number of esters is 1. The molecule has 72 valence electrons. The lowest BCUT2D eigenvalue weighted by atomic mass is 10.4. The second kappa shape index (κ2) is 4.77. The van der Waals surface area contributed by atoms with Crippen molar-refractivity contribution in [1.29, 1.82) is 5.26 Å². The summed E-state index contributed by atoms with van der Waals surface area (Å²) in [7, 11) is 0. The molecule has 5 heteroatoms. The standard InChI is InChI=1S/C8H11NO2S2/c1-2-11-7(10)8(6-9)12-4-3-5-13-8/h2-5H2,1H3. The molecule has 1 fully saturated rings. The molecule has 1 aliphatic heterocycles. The SMILES string of the molecule is CCOC(=O)C1(C#N)SCCCS1. The van der Waals surface area contributed by atoms with Gasteiger partial charge in [0, 0.05) is 0 Å². The predicted molar refractivity (Wildman–Crippen MR) is 54.5 cm³/mol. The molecule has 1 aliphatic rings. The Morgan fingerprint density at radius 2 is 2.23 bits per heavy atom. The van der Waals surface area contributed by atoms with Crippen molar-refractivity contribution >= 4 is 29.5 Å². The molecule has 1 rings (SSSR count). The maximum Gasteiger partial charge on any atom is 0.347 e. The normalized spacial score (nSPS) is 20.3. The van der Waals surface area contributed by atoms with E-state index in [2.05, 4.69) is 6.07 Å². The highest BCUT2D eigenvalue weighted by atomic mass is 32.2. The van der Waals surface area contributed by atoms with Gasteiger partial charge in [-0.1, -0.05) is 0 Å². The van der Waals surface area contributed by atoms with Gasteiger partial charge in [-0.2, -0.15) is 5.26 Å². The zero-order valence-electron chi connectivity index (χ0n) is 7.41. The van der Waals surface area contributed by atoms with Crippen LogP contribution in [0.4, 0.5) is 0 Å². The highest BCUT2D eigenvalue weighted by molar-refractivity contribution is 8.20. The van der Waals surface area contributed by atoms with Crippen molar-refractivity contribution in [3.05, 3.63) is 0 Å². The van der Waals surface area contributed by atoms with Crippen LogP contribution in [-0.2, 0) is 9.53 Å². The molecule has 0 spiro atoms. The molecule has 0 amide bonds. The number of carbonyl (C=O) groups is 1. The van der Waals surface area contributed by atoms with Gasteiger partial charge in [-0.25, -0.2) is 4.79 Å². The van der Waals surface area contributed by atoms with E-state index >= 15 is 0 Å². The maximum atomic E-state index is 11.5. The van der Waals surface area contributed by atoms with E-state index < -0.39 is 10.0 Å². The molecule has 1 saturated heterocycles. The Kier molecular flexibility index (Phi) is 3.94. The van der Waals surface area contributed by atoms with Crippen LogP contribution in [0.1, 0.15) is 13.3 Å². The average Bonchev–Trinajstić information content (AvgIpc) is 2.19. The van der Waals surface area contributed by atoms with Crippen molar-refractivity contribution in [2.75, 3.05) is 18.1 Å². The van der Waals surface area contributed by atoms with Crippen LogP contribution in [0.3, 0.4) is 0 Å². The molecule has 0 atom stereocenters. The lowest BCUT2D eigenvalue weighted by Crippen LogP contribution is -2.34. The molecule has 0 aromatic carbocycles. The number of rotatable bonds is 2. The summed E-state index contributed by atoms with van der Waals surface area (Å²) in [4.78, 5) is 11.5. The summed E-state index contributed by atoms with van der Waals surface area (Å²) in [5.41, 5.74) is 0. The summed E-state index contributed by atoms with van der Waals surface area (Å²) >= 11 is 2.77. The van der Waals surface area contributed by atoms with Gasteiger partial charge in [0.15, 0.2) is 0 Å². The van der Waals surface area contributed by atoms with Gasteiger partial charge in [-0.05, 0) is 24.9 Å². The van der Waals surface area contributed by atoms with E-state index in [1.54, 1.807) is 6.92 Å². The van der Waals surface area contributed by atoms with E-state index in [1.165, 1.54) is 23.5 Å². The maximum absolute atomic E-state index is 11.5. The van der Waals surface area contributed by atoms with E-state index in [-0.39, 0.29) is 0 Å². The van der Waals surface area contributed by atoms with Gasteiger partial charge in [0.2, 0.25) is 4.08 Å². The minimum atomic E-state index is -0.992. The van der Waals surface area contributed by atoms with Gasteiger partial charge in [0.25, 0.3) is 0 Å². The monoisotopic (exact) mass is 217 g/mol. The molecule has 0 unspecified atom stereocenters. The summed E-state index contributed by atoms with van der Waals surface area (Å²) in [5.74, 6) is 1.32. The summed E-state index contributed by atoms with van der Waals surface area (Å²) in [5, 5.41) is 8.95. The van der Waals surface area contributed by atoms with E-state index in [9.17, 15) is 4.79 Å². The van der Waals surface area contributed by atoms with E-state index in [0.717, 1.165) is 17.9 Å². The first-order valence-corrected chi connectivity index (χ1v) is 6.08. The minimum Gasteiger partial charge on any atom is -0.464 e. The first kappa shape index (κ1) is 10.7. The Bertz CT molecular complexity index is 231. The highest BCUT2D eigenvalue weighted by Gasteiger charge is 2.43. The van der Waals surface area contributed by atoms with Crippen molar-refractivity contribution in [3.8, 4) is 6.07 Å². The molecular formula is C8H11NO2S2. The third-order valence-corrected chi connectivity index (χ3v) is 4.61. The number of nitriles is 1. The Hall–Kier alpha value is -0.340. The third-order valence-electron chi connectivity index (χ3n) is 1.59. The molecule has 0 aromatic rings. The molecule has 0 bridgehead atoms. The van der Waals surface area contributed by atoms with Crippen molar-refractivity contribution in [1.82, 2.24) is 0 Å². The van der Waals surface area contributed by atoms with E-state index in [4.69, 9.17) is 10.00 Å². The first-order chi connectivity index (χ1) is 6.25. The Morgan fingerprint density at radius 3 is 2.69 bits per heavy atom. The molecule has 0 aromatic heterocycles. The molecule has 0 N–H and O–H groups in total. The molecule has 1 heterocycles. The Labute approximate surface area is 86.2 Å². The fourth-order valence-electron chi connectivity index (χ4n) is 0.987. The Balaban J connectivity index is 2.68. The van der Waals surface area contributed by atoms with Gasteiger partial charge < -0.3 is 4.74 Å². The second-order valence-electron chi connectivity index (χ2n) is 2.50. The fourth-order valence-corrected chi connectivity index (χ4v) is 3.64. The lowest BCUT2D eigenvalue weighted by molar-refractivity contribution is -0.142. The molecule has 0 saturated carbocycles. The quantitative estimate of drug-likeness (QED) is 0.658. The van der Waals surface area contributed by atoms with Crippen molar-refractivity contribution in [3.63, 3.8) is 0 Å². The van der Waals surface area contributed by atoms with Crippen LogP contribution in [0.15, 0.2) is 0 Å². The van der Waals surface area contributed by atoms with Crippen LogP contribution in [-0.4, -0.2) is 28.2 Å². The molecule has 13 heavy (non-hydrogen) atoms. The minimum absolute atomic E-state index is 0.337. The number of hydrogen-bond acceptors (Lipinski definition) is 5. The van der Waals surface area contributed by atoms with Crippen LogP contribution in [0.25, 0.3) is 0 Å². The molecule has 0 aliphatic carbocycles. The summed E-state index contributed by atoms with van der Waals surface area (Å²) in [6.07, 6.45) is 1.05. The van der Waals surface area contributed by atoms with Gasteiger partial charge >= 0.3 is 5.97 Å². The van der Waals surface area contributed by atoms with Gasteiger partial charge in [0.05, 0.1) is 6.61 Å². The lowest BCUT2D eigenvalue weighted by Gasteiger charge is -2.26. The number of ether oxygens (including phenoxy) is 1. The van der Waals surface area contributed by atoms with Crippen LogP contribution >= 0.6 is 23.5 Å².